The highest BCUT2D eigenvalue weighted by atomic mass is 16.5. The third-order valence-electron chi connectivity index (χ3n) is 3.46. The lowest BCUT2D eigenvalue weighted by Gasteiger charge is -2.21. The summed E-state index contributed by atoms with van der Waals surface area (Å²) in [4.78, 5) is 0. The van der Waals surface area contributed by atoms with Crippen molar-refractivity contribution >= 4 is 0 Å². The monoisotopic (exact) mass is 249 g/mol. The SMILES string of the molecule is COCC(O)CNC(c1ccc(C)cc1)C1CC1. The van der Waals surface area contributed by atoms with Crippen molar-refractivity contribution in [2.75, 3.05) is 20.3 Å². The minimum atomic E-state index is -0.429. The van der Waals surface area contributed by atoms with Crippen LogP contribution in [0.4, 0.5) is 0 Å². The number of benzene rings is 1. The van der Waals surface area contributed by atoms with Crippen LogP contribution in [-0.4, -0.2) is 31.5 Å². The zero-order valence-corrected chi connectivity index (χ0v) is 11.2. The van der Waals surface area contributed by atoms with Crippen molar-refractivity contribution in [3.8, 4) is 0 Å². The second kappa shape index (κ2) is 6.32. The van der Waals surface area contributed by atoms with Crippen LogP contribution >= 0.6 is 0 Å². The Hall–Kier alpha value is -0.900. The largest absolute Gasteiger partial charge is 0.389 e. The van der Waals surface area contributed by atoms with Crippen LogP contribution in [0.3, 0.4) is 0 Å². The average Bonchev–Trinajstić information content (AvgIpc) is 3.16. The van der Waals surface area contributed by atoms with E-state index >= 15 is 0 Å². The fourth-order valence-corrected chi connectivity index (χ4v) is 2.27. The van der Waals surface area contributed by atoms with Crippen LogP contribution in [0.1, 0.15) is 30.0 Å². The quantitative estimate of drug-likeness (QED) is 0.777. The van der Waals surface area contributed by atoms with Crippen LogP contribution < -0.4 is 5.32 Å². The number of hydrogen-bond donors (Lipinski definition) is 2. The molecule has 0 amide bonds. The molecular formula is C15H23NO2. The van der Waals surface area contributed by atoms with E-state index in [0.717, 1.165) is 5.92 Å². The van der Waals surface area contributed by atoms with E-state index in [1.165, 1.54) is 24.0 Å². The lowest BCUT2D eigenvalue weighted by molar-refractivity contribution is 0.0621. The van der Waals surface area contributed by atoms with Crippen LogP contribution in [0, 0.1) is 12.8 Å². The fourth-order valence-electron chi connectivity index (χ4n) is 2.27. The van der Waals surface area contributed by atoms with Crippen molar-refractivity contribution in [3.63, 3.8) is 0 Å². The molecule has 18 heavy (non-hydrogen) atoms. The first-order valence-corrected chi connectivity index (χ1v) is 6.67. The number of nitrogens with one attached hydrogen (secondary N) is 1. The number of aliphatic hydroxyl groups excluding tert-OH is 1. The zero-order valence-electron chi connectivity index (χ0n) is 11.2. The summed E-state index contributed by atoms with van der Waals surface area (Å²) >= 11 is 0. The number of methoxy groups -OCH3 is 1. The van der Waals surface area contributed by atoms with Crippen molar-refractivity contribution in [3.05, 3.63) is 35.4 Å². The second-order valence-corrected chi connectivity index (χ2v) is 5.24. The molecule has 0 radical (unpaired) electrons. The first kappa shape index (κ1) is 13.5. The van der Waals surface area contributed by atoms with Crippen LogP contribution in [0.25, 0.3) is 0 Å². The van der Waals surface area contributed by atoms with E-state index < -0.39 is 6.10 Å². The maximum Gasteiger partial charge on any atom is 0.0897 e. The van der Waals surface area contributed by atoms with Crippen LogP contribution in [-0.2, 0) is 4.74 Å². The van der Waals surface area contributed by atoms with Gasteiger partial charge in [-0.2, -0.15) is 0 Å². The van der Waals surface area contributed by atoms with Gasteiger partial charge in [-0.1, -0.05) is 29.8 Å². The molecule has 0 spiro atoms. The summed E-state index contributed by atoms with van der Waals surface area (Å²) in [5.41, 5.74) is 2.61. The van der Waals surface area contributed by atoms with Crippen LogP contribution in [0.2, 0.25) is 0 Å². The lowest BCUT2D eigenvalue weighted by Crippen LogP contribution is -2.33. The zero-order chi connectivity index (χ0) is 13.0. The molecule has 2 rings (SSSR count). The minimum absolute atomic E-state index is 0.372. The normalized spacial score (nSPS) is 18.6. The Kier molecular flexibility index (Phi) is 4.75. The molecule has 1 aromatic carbocycles. The molecule has 2 N–H and O–H groups in total. The van der Waals surface area contributed by atoms with Gasteiger partial charge in [-0.25, -0.2) is 0 Å². The van der Waals surface area contributed by atoms with Gasteiger partial charge in [0, 0.05) is 19.7 Å². The topological polar surface area (TPSA) is 41.5 Å². The Morgan fingerprint density at radius 3 is 2.56 bits per heavy atom. The number of aliphatic hydroxyl groups is 1. The third kappa shape index (κ3) is 3.80. The summed E-state index contributed by atoms with van der Waals surface area (Å²) in [6, 6.07) is 9.05. The molecular weight excluding hydrogens is 226 g/mol. The highest BCUT2D eigenvalue weighted by Gasteiger charge is 2.32. The first-order chi connectivity index (χ1) is 8.70. The van der Waals surface area contributed by atoms with Crippen LogP contribution in [0.15, 0.2) is 24.3 Å². The fraction of sp³-hybridized carbons (Fsp3) is 0.600. The molecule has 2 atom stereocenters. The molecule has 3 heteroatoms. The molecule has 1 aliphatic carbocycles. The van der Waals surface area contributed by atoms with Gasteiger partial charge in [0.1, 0.15) is 0 Å². The second-order valence-electron chi connectivity index (χ2n) is 5.24. The highest BCUT2D eigenvalue weighted by Crippen LogP contribution is 2.40. The van der Waals surface area contributed by atoms with Gasteiger partial charge >= 0.3 is 0 Å². The highest BCUT2D eigenvalue weighted by molar-refractivity contribution is 5.25. The van der Waals surface area contributed by atoms with Gasteiger partial charge in [0.2, 0.25) is 0 Å². The van der Waals surface area contributed by atoms with E-state index in [4.69, 9.17) is 4.74 Å². The van der Waals surface area contributed by atoms with E-state index in [2.05, 4.69) is 36.5 Å². The molecule has 3 nitrogen and oxygen atoms in total. The van der Waals surface area contributed by atoms with Crippen LogP contribution in [0.5, 0.6) is 0 Å². The molecule has 2 unspecified atom stereocenters. The standard InChI is InChI=1S/C15H23NO2/c1-11-3-5-12(6-4-11)15(13-7-8-13)16-9-14(17)10-18-2/h3-6,13-17H,7-10H2,1-2H3. The van der Waals surface area contributed by atoms with Gasteiger partial charge in [-0.05, 0) is 31.2 Å². The Labute approximate surface area is 109 Å². The maximum atomic E-state index is 9.70. The van der Waals surface area contributed by atoms with E-state index in [-0.39, 0.29) is 0 Å². The Bertz CT molecular complexity index is 359. The molecule has 0 bridgehead atoms. The van der Waals surface area contributed by atoms with Gasteiger partial charge in [-0.15, -0.1) is 0 Å². The molecule has 100 valence electrons. The van der Waals surface area contributed by atoms with E-state index in [0.29, 0.717) is 19.2 Å². The smallest absolute Gasteiger partial charge is 0.0897 e. The van der Waals surface area contributed by atoms with E-state index in [1.54, 1.807) is 7.11 Å². The molecule has 1 saturated carbocycles. The number of hydrogen-bond acceptors (Lipinski definition) is 3. The molecule has 1 aliphatic rings. The summed E-state index contributed by atoms with van der Waals surface area (Å²) in [5.74, 6) is 0.724. The third-order valence-corrected chi connectivity index (χ3v) is 3.46. The van der Waals surface area contributed by atoms with Gasteiger partial charge in [0.25, 0.3) is 0 Å². The Morgan fingerprint density at radius 1 is 1.33 bits per heavy atom. The molecule has 1 fully saturated rings. The summed E-state index contributed by atoms with van der Waals surface area (Å²) in [5, 5.41) is 13.2. The summed E-state index contributed by atoms with van der Waals surface area (Å²) in [6.07, 6.45) is 2.14. The summed E-state index contributed by atoms with van der Waals surface area (Å²) < 4.78 is 4.94. The average molecular weight is 249 g/mol. The van der Waals surface area contributed by atoms with Crippen molar-refractivity contribution in [1.29, 1.82) is 0 Å². The lowest BCUT2D eigenvalue weighted by atomic mass is 10.0. The van der Waals surface area contributed by atoms with Crippen molar-refractivity contribution in [2.24, 2.45) is 5.92 Å². The van der Waals surface area contributed by atoms with Crippen molar-refractivity contribution in [1.82, 2.24) is 5.32 Å². The van der Waals surface area contributed by atoms with Gasteiger partial charge in [0.05, 0.1) is 12.7 Å². The summed E-state index contributed by atoms with van der Waals surface area (Å²) in [6.45, 7) is 3.08. The van der Waals surface area contributed by atoms with Crippen molar-refractivity contribution in [2.45, 2.75) is 31.9 Å². The molecule has 0 heterocycles. The predicted octanol–water partition coefficient (Wildman–Crippen LogP) is 2.04. The van der Waals surface area contributed by atoms with Crippen molar-refractivity contribution < 1.29 is 9.84 Å². The van der Waals surface area contributed by atoms with E-state index in [1.807, 2.05) is 0 Å². The molecule has 0 aliphatic heterocycles. The van der Waals surface area contributed by atoms with Gasteiger partial charge < -0.3 is 15.2 Å². The van der Waals surface area contributed by atoms with E-state index in [9.17, 15) is 5.11 Å². The minimum Gasteiger partial charge on any atom is -0.389 e. The molecule has 1 aromatic rings. The van der Waals surface area contributed by atoms with Gasteiger partial charge in [-0.3, -0.25) is 0 Å². The summed E-state index contributed by atoms with van der Waals surface area (Å²) in [7, 11) is 1.61. The Balaban J connectivity index is 1.94. The number of rotatable bonds is 7. The van der Waals surface area contributed by atoms with Gasteiger partial charge in [0.15, 0.2) is 0 Å². The molecule has 0 saturated heterocycles. The first-order valence-electron chi connectivity index (χ1n) is 6.67. The predicted molar refractivity (Wildman–Crippen MR) is 72.5 cm³/mol. The number of aryl methyl sites for hydroxylation is 1. The maximum absolute atomic E-state index is 9.70. The Morgan fingerprint density at radius 2 is 2.00 bits per heavy atom. The number of ether oxygens (including phenoxy) is 1. The molecule has 0 aromatic heterocycles.